The quantitative estimate of drug-likeness (QED) is 0.704. The highest BCUT2D eigenvalue weighted by molar-refractivity contribution is 6.33. The molecule has 0 atom stereocenters. The number of hydrazine groups is 1. The molecular formula is C21H22ClFN4O3. The highest BCUT2D eigenvalue weighted by Crippen LogP contribution is 2.14. The van der Waals surface area contributed by atoms with Gasteiger partial charge in [-0.05, 0) is 29.8 Å². The summed E-state index contributed by atoms with van der Waals surface area (Å²) < 4.78 is 13.0. The number of nitrogens with one attached hydrogen (secondary N) is 2. The number of benzene rings is 2. The Morgan fingerprint density at radius 1 is 0.933 bits per heavy atom. The van der Waals surface area contributed by atoms with Crippen molar-refractivity contribution in [1.29, 1.82) is 0 Å². The van der Waals surface area contributed by atoms with E-state index in [2.05, 4.69) is 10.9 Å². The van der Waals surface area contributed by atoms with Crippen LogP contribution < -0.4 is 10.9 Å². The predicted octanol–water partition coefficient (Wildman–Crippen LogP) is 1.63. The molecule has 2 aromatic carbocycles. The van der Waals surface area contributed by atoms with E-state index < -0.39 is 5.91 Å². The molecule has 1 fully saturated rings. The molecule has 0 aromatic heterocycles. The molecular weight excluding hydrogens is 411 g/mol. The zero-order valence-corrected chi connectivity index (χ0v) is 17.0. The normalized spacial score (nSPS) is 14.3. The van der Waals surface area contributed by atoms with Crippen LogP contribution in [-0.2, 0) is 16.0 Å². The average Bonchev–Trinajstić information content (AvgIpc) is 2.74. The molecule has 0 saturated carbocycles. The fourth-order valence-corrected chi connectivity index (χ4v) is 3.35. The molecule has 3 rings (SSSR count). The lowest BCUT2D eigenvalue weighted by Crippen LogP contribution is -2.53. The van der Waals surface area contributed by atoms with Crippen molar-refractivity contribution in [3.05, 3.63) is 70.5 Å². The van der Waals surface area contributed by atoms with Gasteiger partial charge in [-0.1, -0.05) is 35.9 Å². The molecule has 30 heavy (non-hydrogen) atoms. The molecule has 0 unspecified atom stereocenters. The lowest BCUT2D eigenvalue weighted by Gasteiger charge is -2.34. The van der Waals surface area contributed by atoms with Gasteiger partial charge in [-0.3, -0.25) is 30.1 Å². The molecule has 0 spiro atoms. The van der Waals surface area contributed by atoms with Crippen LogP contribution in [0.4, 0.5) is 4.39 Å². The molecule has 1 saturated heterocycles. The first-order valence-electron chi connectivity index (χ1n) is 9.50. The molecule has 1 aliphatic heterocycles. The maximum atomic E-state index is 13.0. The van der Waals surface area contributed by atoms with Crippen LogP contribution in [0.1, 0.15) is 15.9 Å². The molecule has 7 nitrogen and oxygen atoms in total. The van der Waals surface area contributed by atoms with E-state index in [0.717, 1.165) is 5.56 Å². The number of hydrogen-bond acceptors (Lipinski definition) is 4. The van der Waals surface area contributed by atoms with Crippen molar-refractivity contribution >= 4 is 29.3 Å². The van der Waals surface area contributed by atoms with Crippen molar-refractivity contribution in [3.63, 3.8) is 0 Å². The van der Waals surface area contributed by atoms with Crippen molar-refractivity contribution in [2.75, 3.05) is 32.7 Å². The SMILES string of the molecule is O=C(CN1CCN(C(=O)Cc2ccc(F)cc2)CC1)NNC(=O)c1ccccc1Cl. The van der Waals surface area contributed by atoms with E-state index in [4.69, 9.17) is 11.6 Å². The van der Waals surface area contributed by atoms with Crippen LogP contribution in [-0.4, -0.2) is 60.2 Å². The smallest absolute Gasteiger partial charge is 0.271 e. The monoisotopic (exact) mass is 432 g/mol. The number of carbonyl (C=O) groups excluding carboxylic acids is 3. The van der Waals surface area contributed by atoms with Crippen LogP contribution in [0.25, 0.3) is 0 Å². The Bertz CT molecular complexity index is 915. The molecule has 2 aromatic rings. The second-order valence-corrected chi connectivity index (χ2v) is 7.35. The van der Waals surface area contributed by atoms with E-state index in [1.165, 1.54) is 12.1 Å². The summed E-state index contributed by atoms with van der Waals surface area (Å²) >= 11 is 5.96. The zero-order chi connectivity index (χ0) is 21.5. The molecule has 1 heterocycles. The van der Waals surface area contributed by atoms with Crippen molar-refractivity contribution in [2.45, 2.75) is 6.42 Å². The van der Waals surface area contributed by atoms with E-state index >= 15 is 0 Å². The van der Waals surface area contributed by atoms with Crippen LogP contribution in [0.15, 0.2) is 48.5 Å². The van der Waals surface area contributed by atoms with E-state index in [1.807, 2.05) is 4.90 Å². The fourth-order valence-electron chi connectivity index (χ4n) is 3.13. The predicted molar refractivity (Wildman–Crippen MR) is 110 cm³/mol. The third kappa shape index (κ3) is 6.01. The Balaban J connectivity index is 1.39. The number of amides is 3. The third-order valence-electron chi connectivity index (χ3n) is 4.79. The molecule has 3 amide bonds. The lowest BCUT2D eigenvalue weighted by molar-refractivity contribution is -0.132. The number of halogens is 2. The highest BCUT2D eigenvalue weighted by Gasteiger charge is 2.22. The first-order valence-corrected chi connectivity index (χ1v) is 9.88. The van der Waals surface area contributed by atoms with Crippen molar-refractivity contribution in [1.82, 2.24) is 20.7 Å². The summed E-state index contributed by atoms with van der Waals surface area (Å²) in [4.78, 5) is 40.2. The number of rotatable bonds is 5. The largest absolute Gasteiger partial charge is 0.340 e. The Labute approximate surface area is 178 Å². The minimum Gasteiger partial charge on any atom is -0.340 e. The third-order valence-corrected chi connectivity index (χ3v) is 5.12. The molecule has 9 heteroatoms. The Hall–Kier alpha value is -2.97. The summed E-state index contributed by atoms with van der Waals surface area (Å²) in [5.41, 5.74) is 5.76. The molecule has 0 aliphatic carbocycles. The fraction of sp³-hybridized carbons (Fsp3) is 0.286. The summed E-state index contributed by atoms with van der Waals surface area (Å²) in [7, 11) is 0. The molecule has 0 bridgehead atoms. The highest BCUT2D eigenvalue weighted by atomic mass is 35.5. The second kappa shape index (κ2) is 10.2. The van der Waals surface area contributed by atoms with Crippen LogP contribution in [0, 0.1) is 5.82 Å². The van der Waals surface area contributed by atoms with Gasteiger partial charge >= 0.3 is 0 Å². The second-order valence-electron chi connectivity index (χ2n) is 6.94. The number of piperazine rings is 1. The van der Waals surface area contributed by atoms with E-state index in [0.29, 0.717) is 31.2 Å². The van der Waals surface area contributed by atoms with E-state index in [-0.39, 0.29) is 36.2 Å². The molecule has 0 radical (unpaired) electrons. The van der Waals surface area contributed by atoms with Gasteiger partial charge in [0.25, 0.3) is 11.8 Å². The Morgan fingerprint density at radius 3 is 2.27 bits per heavy atom. The van der Waals surface area contributed by atoms with E-state index in [1.54, 1.807) is 41.3 Å². The van der Waals surface area contributed by atoms with Gasteiger partial charge in [-0.15, -0.1) is 0 Å². The lowest BCUT2D eigenvalue weighted by atomic mass is 10.1. The van der Waals surface area contributed by atoms with Crippen LogP contribution in [0.5, 0.6) is 0 Å². The Kier molecular flexibility index (Phi) is 7.37. The summed E-state index contributed by atoms with van der Waals surface area (Å²) in [6.45, 7) is 2.18. The average molecular weight is 433 g/mol. The van der Waals surface area contributed by atoms with Gasteiger partial charge in [0.1, 0.15) is 5.82 Å². The van der Waals surface area contributed by atoms with Gasteiger partial charge in [-0.2, -0.15) is 0 Å². The molecule has 158 valence electrons. The first kappa shape index (κ1) is 21.7. The molecule has 1 aliphatic rings. The van der Waals surface area contributed by atoms with Crippen molar-refractivity contribution < 1.29 is 18.8 Å². The zero-order valence-electron chi connectivity index (χ0n) is 16.2. The summed E-state index contributed by atoms with van der Waals surface area (Å²) in [5, 5.41) is 0.297. The standard InChI is InChI=1S/C21H22ClFN4O3/c22-18-4-2-1-3-17(18)21(30)25-24-19(28)14-26-9-11-27(12-10-26)20(29)13-15-5-7-16(23)8-6-15/h1-8H,9-14H2,(H,24,28)(H,25,30). The summed E-state index contributed by atoms with van der Waals surface area (Å²) in [6.07, 6.45) is 0.217. The number of nitrogens with zero attached hydrogens (tertiary/aromatic N) is 2. The minimum atomic E-state index is -0.495. The van der Waals surface area contributed by atoms with Gasteiger partial charge in [0.2, 0.25) is 5.91 Å². The van der Waals surface area contributed by atoms with E-state index in [9.17, 15) is 18.8 Å². The summed E-state index contributed by atoms with van der Waals surface area (Å²) in [5.74, 6) is -1.22. The van der Waals surface area contributed by atoms with Crippen molar-refractivity contribution in [3.8, 4) is 0 Å². The first-order chi connectivity index (χ1) is 14.4. The topological polar surface area (TPSA) is 81.8 Å². The van der Waals surface area contributed by atoms with Gasteiger partial charge < -0.3 is 4.90 Å². The van der Waals surface area contributed by atoms with Gasteiger partial charge in [-0.25, -0.2) is 4.39 Å². The van der Waals surface area contributed by atoms with Gasteiger partial charge in [0.15, 0.2) is 0 Å². The molecule has 2 N–H and O–H groups in total. The van der Waals surface area contributed by atoms with Crippen LogP contribution in [0.3, 0.4) is 0 Å². The minimum absolute atomic E-state index is 0.0299. The van der Waals surface area contributed by atoms with Gasteiger partial charge in [0, 0.05) is 26.2 Å². The van der Waals surface area contributed by atoms with Crippen molar-refractivity contribution in [2.24, 2.45) is 0 Å². The van der Waals surface area contributed by atoms with Gasteiger partial charge in [0.05, 0.1) is 23.6 Å². The van der Waals surface area contributed by atoms with Crippen LogP contribution >= 0.6 is 11.6 Å². The Morgan fingerprint density at radius 2 is 1.60 bits per heavy atom. The maximum absolute atomic E-state index is 13.0. The maximum Gasteiger partial charge on any atom is 0.271 e. The number of hydrogen-bond donors (Lipinski definition) is 2. The number of carbonyl (C=O) groups is 3. The summed E-state index contributed by atoms with van der Waals surface area (Å²) in [6, 6.07) is 12.4. The van der Waals surface area contributed by atoms with Crippen LogP contribution in [0.2, 0.25) is 5.02 Å².